The first-order valence-corrected chi connectivity index (χ1v) is 9.63. The molecule has 6 heteroatoms. The molecule has 0 aliphatic carbocycles. The fraction of sp³-hybridized carbons (Fsp3) is 0.364. The fourth-order valence-electron chi connectivity index (χ4n) is 4.03. The zero-order valence-corrected chi connectivity index (χ0v) is 17.5. The summed E-state index contributed by atoms with van der Waals surface area (Å²) in [6.07, 6.45) is 2.82. The highest BCUT2D eigenvalue weighted by Gasteiger charge is 2.27. The van der Waals surface area contributed by atoms with Gasteiger partial charge in [0.25, 0.3) is 5.91 Å². The lowest BCUT2D eigenvalue weighted by Crippen LogP contribution is -2.49. The molecule has 0 N–H and O–H groups in total. The summed E-state index contributed by atoms with van der Waals surface area (Å²) in [6.45, 7) is 7.29. The topological polar surface area (TPSA) is 41.4 Å². The first kappa shape index (κ1) is 20.2. The van der Waals surface area contributed by atoms with Crippen LogP contribution >= 0.6 is 12.4 Å². The SMILES string of the molecule is CCc1ccc2c(c1)c(C)c(C(=O)N1CCN(c3ccccn3)CC1)n2C.Cl. The number of rotatable bonds is 3. The van der Waals surface area contributed by atoms with Crippen molar-refractivity contribution in [3.05, 3.63) is 59.4 Å². The molecule has 1 aliphatic rings. The highest BCUT2D eigenvalue weighted by Crippen LogP contribution is 2.27. The smallest absolute Gasteiger partial charge is 0.270 e. The molecule has 0 spiro atoms. The Morgan fingerprint density at radius 1 is 1.11 bits per heavy atom. The molecule has 1 amide bonds. The Labute approximate surface area is 172 Å². The number of hydrogen-bond donors (Lipinski definition) is 0. The van der Waals surface area contributed by atoms with Crippen LogP contribution in [0.4, 0.5) is 5.82 Å². The molecule has 1 saturated heterocycles. The number of aryl methyl sites for hydroxylation is 3. The van der Waals surface area contributed by atoms with E-state index in [1.54, 1.807) is 0 Å². The molecule has 4 rings (SSSR count). The Morgan fingerprint density at radius 2 is 1.86 bits per heavy atom. The van der Waals surface area contributed by atoms with Gasteiger partial charge in [-0.1, -0.05) is 19.1 Å². The molecule has 3 heterocycles. The number of hydrogen-bond acceptors (Lipinski definition) is 3. The van der Waals surface area contributed by atoms with Gasteiger partial charge in [0, 0.05) is 50.3 Å². The first-order chi connectivity index (χ1) is 13.1. The van der Waals surface area contributed by atoms with Gasteiger partial charge in [0.1, 0.15) is 11.5 Å². The number of carbonyl (C=O) groups excluding carboxylic acids is 1. The highest BCUT2D eigenvalue weighted by atomic mass is 35.5. The third-order valence-corrected chi connectivity index (χ3v) is 5.67. The van der Waals surface area contributed by atoms with Gasteiger partial charge in [-0.3, -0.25) is 4.79 Å². The van der Waals surface area contributed by atoms with Gasteiger partial charge in [-0.2, -0.15) is 0 Å². The van der Waals surface area contributed by atoms with E-state index >= 15 is 0 Å². The third-order valence-electron chi connectivity index (χ3n) is 5.67. The molecule has 1 fully saturated rings. The average molecular weight is 399 g/mol. The van der Waals surface area contributed by atoms with E-state index < -0.39 is 0 Å². The van der Waals surface area contributed by atoms with Crippen molar-refractivity contribution in [2.24, 2.45) is 7.05 Å². The Balaban J connectivity index is 0.00000225. The molecule has 148 valence electrons. The summed E-state index contributed by atoms with van der Waals surface area (Å²) >= 11 is 0. The van der Waals surface area contributed by atoms with Crippen LogP contribution in [0, 0.1) is 6.92 Å². The summed E-state index contributed by atoms with van der Waals surface area (Å²) in [5.74, 6) is 1.11. The monoisotopic (exact) mass is 398 g/mol. The van der Waals surface area contributed by atoms with Gasteiger partial charge in [0.05, 0.1) is 0 Å². The van der Waals surface area contributed by atoms with E-state index in [1.807, 2.05) is 36.3 Å². The molecular weight excluding hydrogens is 372 g/mol. The number of benzene rings is 1. The van der Waals surface area contributed by atoms with E-state index in [4.69, 9.17) is 0 Å². The minimum absolute atomic E-state index is 0. The van der Waals surface area contributed by atoms with Gasteiger partial charge in [0.15, 0.2) is 0 Å². The Hall–Kier alpha value is -2.53. The summed E-state index contributed by atoms with van der Waals surface area (Å²) in [4.78, 5) is 21.9. The van der Waals surface area contributed by atoms with Gasteiger partial charge >= 0.3 is 0 Å². The number of nitrogens with zero attached hydrogens (tertiary/aromatic N) is 4. The van der Waals surface area contributed by atoms with E-state index in [0.29, 0.717) is 0 Å². The number of amides is 1. The quantitative estimate of drug-likeness (QED) is 0.673. The van der Waals surface area contributed by atoms with Crippen LogP contribution in [0.5, 0.6) is 0 Å². The van der Waals surface area contributed by atoms with Crippen molar-refractivity contribution in [2.75, 3.05) is 31.1 Å². The second kappa shape index (κ2) is 8.23. The summed E-state index contributed by atoms with van der Waals surface area (Å²) < 4.78 is 2.05. The van der Waals surface area contributed by atoms with Crippen molar-refractivity contribution in [3.63, 3.8) is 0 Å². The predicted octanol–water partition coefficient (Wildman–Crippen LogP) is 3.83. The number of carbonyl (C=O) groups is 1. The molecule has 0 atom stereocenters. The van der Waals surface area contributed by atoms with Crippen molar-refractivity contribution >= 4 is 35.0 Å². The van der Waals surface area contributed by atoms with Crippen LogP contribution in [0.15, 0.2) is 42.6 Å². The standard InChI is InChI=1S/C22H26N4O.ClH/c1-4-17-8-9-19-18(15-17)16(2)21(24(19)3)22(27)26-13-11-25(12-14-26)20-7-5-6-10-23-20;/h5-10,15H,4,11-14H2,1-3H3;1H. The van der Waals surface area contributed by atoms with Crippen LogP contribution in [0.25, 0.3) is 10.9 Å². The van der Waals surface area contributed by atoms with E-state index in [-0.39, 0.29) is 18.3 Å². The first-order valence-electron chi connectivity index (χ1n) is 9.63. The molecule has 0 saturated carbocycles. The van der Waals surface area contributed by atoms with Gasteiger partial charge in [0.2, 0.25) is 0 Å². The van der Waals surface area contributed by atoms with Crippen molar-refractivity contribution in [1.82, 2.24) is 14.5 Å². The number of aromatic nitrogens is 2. The zero-order chi connectivity index (χ0) is 19.0. The predicted molar refractivity (Wildman–Crippen MR) is 117 cm³/mol. The van der Waals surface area contributed by atoms with Gasteiger partial charge in [-0.25, -0.2) is 4.98 Å². The Bertz CT molecular complexity index is 975. The Morgan fingerprint density at radius 3 is 2.50 bits per heavy atom. The number of anilines is 1. The molecule has 28 heavy (non-hydrogen) atoms. The van der Waals surface area contributed by atoms with E-state index in [0.717, 1.165) is 55.2 Å². The average Bonchev–Trinajstić information content (AvgIpc) is 2.98. The zero-order valence-electron chi connectivity index (χ0n) is 16.7. The minimum Gasteiger partial charge on any atom is -0.353 e. The van der Waals surface area contributed by atoms with Crippen LogP contribution in [-0.2, 0) is 13.5 Å². The van der Waals surface area contributed by atoms with Crippen LogP contribution in [-0.4, -0.2) is 46.5 Å². The fourth-order valence-corrected chi connectivity index (χ4v) is 4.03. The maximum Gasteiger partial charge on any atom is 0.270 e. The normalized spacial score (nSPS) is 14.2. The summed E-state index contributed by atoms with van der Waals surface area (Å²) in [5.41, 5.74) is 4.32. The number of piperazine rings is 1. The molecular formula is C22H27ClN4O. The second-order valence-corrected chi connectivity index (χ2v) is 7.20. The lowest BCUT2D eigenvalue weighted by molar-refractivity contribution is 0.0736. The maximum absolute atomic E-state index is 13.3. The molecule has 1 aromatic carbocycles. The number of halogens is 1. The molecule has 0 radical (unpaired) electrons. The van der Waals surface area contributed by atoms with E-state index in [9.17, 15) is 4.79 Å². The Kier molecular flexibility index (Phi) is 5.94. The molecule has 0 bridgehead atoms. The van der Waals surface area contributed by atoms with Gasteiger partial charge in [-0.15, -0.1) is 12.4 Å². The largest absolute Gasteiger partial charge is 0.353 e. The molecule has 1 aliphatic heterocycles. The lowest BCUT2D eigenvalue weighted by atomic mass is 10.1. The summed E-state index contributed by atoms with van der Waals surface area (Å²) in [5, 5.41) is 1.19. The van der Waals surface area contributed by atoms with E-state index in [1.165, 1.54) is 10.9 Å². The van der Waals surface area contributed by atoms with Crippen molar-refractivity contribution in [1.29, 1.82) is 0 Å². The van der Waals surface area contributed by atoms with Crippen molar-refractivity contribution in [3.8, 4) is 0 Å². The van der Waals surface area contributed by atoms with Gasteiger partial charge < -0.3 is 14.4 Å². The van der Waals surface area contributed by atoms with Crippen molar-refractivity contribution in [2.45, 2.75) is 20.3 Å². The lowest BCUT2D eigenvalue weighted by Gasteiger charge is -2.35. The molecule has 2 aromatic heterocycles. The van der Waals surface area contributed by atoms with Gasteiger partial charge in [-0.05, 0) is 48.7 Å². The van der Waals surface area contributed by atoms with E-state index in [2.05, 4.69) is 46.5 Å². The van der Waals surface area contributed by atoms with Crippen LogP contribution in [0.1, 0.15) is 28.5 Å². The molecule has 0 unspecified atom stereocenters. The third kappa shape index (κ3) is 3.47. The van der Waals surface area contributed by atoms with Crippen LogP contribution in [0.2, 0.25) is 0 Å². The number of fused-ring (bicyclic) bond motifs is 1. The molecule has 5 nitrogen and oxygen atoms in total. The highest BCUT2D eigenvalue weighted by molar-refractivity contribution is 6.01. The van der Waals surface area contributed by atoms with Crippen LogP contribution in [0.3, 0.4) is 0 Å². The van der Waals surface area contributed by atoms with Crippen LogP contribution < -0.4 is 4.90 Å². The molecule has 3 aromatic rings. The maximum atomic E-state index is 13.3. The second-order valence-electron chi connectivity index (χ2n) is 7.20. The number of pyridine rings is 1. The minimum atomic E-state index is 0. The summed E-state index contributed by atoms with van der Waals surface area (Å²) in [7, 11) is 2.00. The van der Waals surface area contributed by atoms with Crippen molar-refractivity contribution < 1.29 is 4.79 Å². The summed E-state index contributed by atoms with van der Waals surface area (Å²) in [6, 6.07) is 12.5.